The molecule has 5 nitrogen and oxygen atoms in total. The van der Waals surface area contributed by atoms with Gasteiger partial charge in [0.2, 0.25) is 5.91 Å². The van der Waals surface area contributed by atoms with E-state index in [1.165, 1.54) is 0 Å². The number of hydrogen-bond acceptors (Lipinski definition) is 3. The Morgan fingerprint density at radius 2 is 2.15 bits per heavy atom. The van der Waals surface area contributed by atoms with Crippen LogP contribution in [0.1, 0.15) is 24.9 Å². The molecule has 0 saturated heterocycles. The molecule has 0 spiro atoms. The molecule has 106 valence electrons. The zero-order valence-electron chi connectivity index (χ0n) is 11.7. The number of nitrogens with zero attached hydrogens (tertiary/aromatic N) is 2. The number of carbonyl (C=O) groups excluding carboxylic acids is 1. The Hall–Kier alpha value is -2.30. The van der Waals surface area contributed by atoms with Gasteiger partial charge in [-0.05, 0) is 30.7 Å². The largest absolute Gasteiger partial charge is 0.497 e. The Kier molecular flexibility index (Phi) is 4.76. The summed E-state index contributed by atoms with van der Waals surface area (Å²) in [4.78, 5) is 11.9. The monoisotopic (exact) mass is 273 g/mol. The van der Waals surface area contributed by atoms with Gasteiger partial charge in [-0.25, -0.2) is 0 Å². The van der Waals surface area contributed by atoms with Crippen molar-refractivity contribution in [2.24, 2.45) is 0 Å². The Morgan fingerprint density at radius 1 is 1.40 bits per heavy atom. The van der Waals surface area contributed by atoms with Gasteiger partial charge in [0.1, 0.15) is 5.75 Å². The van der Waals surface area contributed by atoms with Crippen molar-refractivity contribution in [2.75, 3.05) is 7.11 Å². The minimum Gasteiger partial charge on any atom is -0.497 e. The lowest BCUT2D eigenvalue weighted by Gasteiger charge is -2.12. The fourth-order valence-electron chi connectivity index (χ4n) is 1.92. The number of carbonyl (C=O) groups is 1. The molecule has 1 amide bonds. The molecule has 1 N–H and O–H groups in total. The first-order valence-corrected chi connectivity index (χ1v) is 6.58. The maximum atomic E-state index is 11.9. The molecule has 0 unspecified atom stereocenters. The normalized spacial score (nSPS) is 11.9. The number of rotatable bonds is 6. The van der Waals surface area contributed by atoms with E-state index in [0.29, 0.717) is 13.0 Å². The van der Waals surface area contributed by atoms with Crippen LogP contribution < -0.4 is 10.1 Å². The van der Waals surface area contributed by atoms with Gasteiger partial charge in [-0.15, -0.1) is 0 Å². The van der Waals surface area contributed by atoms with Crippen molar-refractivity contribution in [3.8, 4) is 5.75 Å². The second-order valence-corrected chi connectivity index (χ2v) is 4.66. The summed E-state index contributed by atoms with van der Waals surface area (Å²) in [6, 6.07) is 9.56. The summed E-state index contributed by atoms with van der Waals surface area (Å²) in [6.07, 6.45) is 3.99. The summed E-state index contributed by atoms with van der Waals surface area (Å²) in [5, 5.41) is 7.04. The third-order valence-electron chi connectivity index (χ3n) is 3.11. The van der Waals surface area contributed by atoms with Crippen LogP contribution in [0.3, 0.4) is 0 Å². The van der Waals surface area contributed by atoms with Crippen LogP contribution in [0.25, 0.3) is 0 Å². The van der Waals surface area contributed by atoms with Crippen LogP contribution in [0.15, 0.2) is 42.7 Å². The van der Waals surface area contributed by atoms with E-state index in [0.717, 1.165) is 11.3 Å². The summed E-state index contributed by atoms with van der Waals surface area (Å²) >= 11 is 0. The average molecular weight is 273 g/mol. The summed E-state index contributed by atoms with van der Waals surface area (Å²) in [7, 11) is 1.63. The van der Waals surface area contributed by atoms with Gasteiger partial charge < -0.3 is 10.1 Å². The molecule has 0 aliphatic carbocycles. The highest BCUT2D eigenvalue weighted by Crippen LogP contribution is 2.12. The zero-order chi connectivity index (χ0) is 14.4. The first kappa shape index (κ1) is 14.1. The smallest absolute Gasteiger partial charge is 0.222 e. The van der Waals surface area contributed by atoms with Gasteiger partial charge in [0.05, 0.1) is 13.2 Å². The highest BCUT2D eigenvalue weighted by Gasteiger charge is 2.10. The van der Waals surface area contributed by atoms with Crippen molar-refractivity contribution < 1.29 is 9.53 Å². The molecule has 5 heteroatoms. The topological polar surface area (TPSA) is 56.1 Å². The van der Waals surface area contributed by atoms with E-state index in [1.54, 1.807) is 18.0 Å². The lowest BCUT2D eigenvalue weighted by molar-refractivity contribution is -0.122. The standard InChI is InChI=1S/C15H19N3O2/c1-12(18-9-3-8-17-18)10-15(19)16-11-13-4-6-14(20-2)7-5-13/h3-9,12H,10-11H2,1-2H3,(H,16,19)/t12-/m1/s1. The molecule has 0 fully saturated rings. The Labute approximate surface area is 118 Å². The van der Waals surface area contributed by atoms with E-state index in [1.807, 2.05) is 43.5 Å². The van der Waals surface area contributed by atoms with E-state index in [4.69, 9.17) is 4.74 Å². The van der Waals surface area contributed by atoms with Gasteiger partial charge in [-0.1, -0.05) is 12.1 Å². The molecule has 2 rings (SSSR count). The van der Waals surface area contributed by atoms with E-state index in [2.05, 4.69) is 10.4 Å². The van der Waals surface area contributed by atoms with Gasteiger partial charge in [0.15, 0.2) is 0 Å². The van der Waals surface area contributed by atoms with Crippen LogP contribution in [0.4, 0.5) is 0 Å². The summed E-state index contributed by atoms with van der Waals surface area (Å²) in [5.74, 6) is 0.830. The van der Waals surface area contributed by atoms with E-state index >= 15 is 0 Å². The Bertz CT molecular complexity index is 535. The molecule has 0 saturated carbocycles. The number of nitrogens with one attached hydrogen (secondary N) is 1. The molecule has 1 aromatic heterocycles. The summed E-state index contributed by atoms with van der Waals surface area (Å²) in [6.45, 7) is 2.49. The fraction of sp³-hybridized carbons (Fsp3) is 0.333. The maximum absolute atomic E-state index is 11.9. The minimum absolute atomic E-state index is 0.0174. The molecular weight excluding hydrogens is 254 g/mol. The highest BCUT2D eigenvalue weighted by atomic mass is 16.5. The minimum atomic E-state index is 0.0174. The third kappa shape index (κ3) is 3.85. The second kappa shape index (κ2) is 6.75. The molecule has 2 aromatic rings. The first-order valence-electron chi connectivity index (χ1n) is 6.58. The van der Waals surface area contributed by atoms with Crippen molar-refractivity contribution in [1.82, 2.24) is 15.1 Å². The number of methoxy groups -OCH3 is 1. The SMILES string of the molecule is COc1ccc(CNC(=O)C[C@@H](C)n2cccn2)cc1. The lowest BCUT2D eigenvalue weighted by Crippen LogP contribution is -2.25. The van der Waals surface area contributed by atoms with Gasteiger partial charge in [-0.2, -0.15) is 5.10 Å². The second-order valence-electron chi connectivity index (χ2n) is 4.66. The molecule has 0 aliphatic heterocycles. The number of amides is 1. The van der Waals surface area contributed by atoms with Gasteiger partial charge in [0, 0.05) is 25.4 Å². The highest BCUT2D eigenvalue weighted by molar-refractivity contribution is 5.76. The molecule has 20 heavy (non-hydrogen) atoms. The molecule has 0 radical (unpaired) electrons. The van der Waals surface area contributed by atoms with Crippen molar-refractivity contribution >= 4 is 5.91 Å². The fourth-order valence-corrected chi connectivity index (χ4v) is 1.92. The number of hydrogen-bond donors (Lipinski definition) is 1. The number of benzene rings is 1. The van der Waals surface area contributed by atoms with Crippen molar-refractivity contribution in [1.29, 1.82) is 0 Å². The van der Waals surface area contributed by atoms with E-state index < -0.39 is 0 Å². The van der Waals surface area contributed by atoms with Crippen LogP contribution in [-0.2, 0) is 11.3 Å². The Morgan fingerprint density at radius 3 is 2.75 bits per heavy atom. The molecule has 0 aliphatic rings. The molecular formula is C15H19N3O2. The number of aromatic nitrogens is 2. The van der Waals surface area contributed by atoms with Crippen molar-refractivity contribution in [3.05, 3.63) is 48.3 Å². The van der Waals surface area contributed by atoms with Crippen LogP contribution in [0.5, 0.6) is 5.75 Å². The van der Waals surface area contributed by atoms with E-state index in [-0.39, 0.29) is 11.9 Å². The predicted molar refractivity (Wildman–Crippen MR) is 76.4 cm³/mol. The first-order chi connectivity index (χ1) is 9.69. The van der Waals surface area contributed by atoms with Crippen LogP contribution in [-0.4, -0.2) is 22.8 Å². The van der Waals surface area contributed by atoms with Crippen LogP contribution in [0, 0.1) is 0 Å². The molecule has 1 heterocycles. The van der Waals surface area contributed by atoms with Gasteiger partial charge in [0.25, 0.3) is 0 Å². The summed E-state index contributed by atoms with van der Waals surface area (Å²) in [5.41, 5.74) is 1.05. The van der Waals surface area contributed by atoms with Crippen molar-refractivity contribution in [3.63, 3.8) is 0 Å². The predicted octanol–water partition coefficient (Wildman–Crippen LogP) is 2.16. The average Bonchev–Trinajstić information content (AvgIpc) is 3.00. The quantitative estimate of drug-likeness (QED) is 0.877. The Balaban J connectivity index is 1.79. The van der Waals surface area contributed by atoms with Crippen LogP contribution >= 0.6 is 0 Å². The number of ether oxygens (including phenoxy) is 1. The third-order valence-corrected chi connectivity index (χ3v) is 3.11. The van der Waals surface area contributed by atoms with Crippen molar-refractivity contribution in [2.45, 2.75) is 25.9 Å². The molecule has 1 aromatic carbocycles. The maximum Gasteiger partial charge on any atom is 0.222 e. The van der Waals surface area contributed by atoms with E-state index in [9.17, 15) is 4.79 Å². The van der Waals surface area contributed by atoms with Crippen LogP contribution in [0.2, 0.25) is 0 Å². The van der Waals surface area contributed by atoms with Gasteiger partial charge in [-0.3, -0.25) is 9.48 Å². The molecule has 1 atom stereocenters. The summed E-state index contributed by atoms with van der Waals surface area (Å²) < 4.78 is 6.88. The van der Waals surface area contributed by atoms with Gasteiger partial charge >= 0.3 is 0 Å². The lowest BCUT2D eigenvalue weighted by atomic mass is 10.2. The molecule has 0 bridgehead atoms. The zero-order valence-corrected chi connectivity index (χ0v) is 11.7.